The molecule has 10 heteroatoms. The van der Waals surface area contributed by atoms with Gasteiger partial charge in [0.25, 0.3) is 5.91 Å². The molecular weight excluding hydrogens is 672 g/mol. The molecule has 2 aromatic carbocycles. The molecule has 2 N–H and O–H groups in total. The zero-order valence-corrected chi connectivity index (χ0v) is 30.7. The third-order valence-electron chi connectivity index (χ3n) is 12.2. The van der Waals surface area contributed by atoms with Crippen LogP contribution in [0.3, 0.4) is 0 Å². The molecule has 0 unspecified atom stereocenters. The van der Waals surface area contributed by atoms with E-state index in [1.807, 2.05) is 25.1 Å². The van der Waals surface area contributed by atoms with Crippen LogP contribution in [0.4, 0.5) is 5.69 Å². The van der Waals surface area contributed by atoms with Crippen LogP contribution in [0.2, 0.25) is 5.02 Å². The number of rotatable bonds is 1. The summed E-state index contributed by atoms with van der Waals surface area (Å²) in [5.41, 5.74) is 1.84. The number of hydrogen-bond donors (Lipinski definition) is 2. The quantitative estimate of drug-likeness (QED) is 0.258. The topological polar surface area (TPSA) is 105 Å². The summed E-state index contributed by atoms with van der Waals surface area (Å²) in [4.78, 5) is 15.9. The second-order valence-corrected chi connectivity index (χ2v) is 17.9. The molecule has 1 saturated carbocycles. The molecule has 1 amide bonds. The second kappa shape index (κ2) is 14.2. The maximum absolute atomic E-state index is 13.5. The Morgan fingerprint density at radius 3 is 2.70 bits per heavy atom. The van der Waals surface area contributed by atoms with E-state index in [1.54, 1.807) is 25.1 Å². The van der Waals surface area contributed by atoms with Crippen LogP contribution >= 0.6 is 11.6 Å². The molecule has 2 aliphatic carbocycles. The zero-order valence-electron chi connectivity index (χ0n) is 29.1. The maximum atomic E-state index is 13.5. The first-order valence-corrected chi connectivity index (χ1v) is 20.2. The van der Waals surface area contributed by atoms with Crippen LogP contribution in [0.5, 0.6) is 5.75 Å². The Bertz CT molecular complexity index is 1810. The van der Waals surface area contributed by atoms with Gasteiger partial charge >= 0.3 is 0 Å². The van der Waals surface area contributed by atoms with E-state index in [1.165, 1.54) is 11.1 Å². The fraction of sp³-hybridized carbons (Fsp3) is 0.575. The summed E-state index contributed by atoms with van der Waals surface area (Å²) in [5.74, 6) is 6.90. The molecule has 3 aliphatic heterocycles. The molecule has 1 spiro atoms. The van der Waals surface area contributed by atoms with Gasteiger partial charge in [0.1, 0.15) is 11.4 Å². The van der Waals surface area contributed by atoms with Gasteiger partial charge in [-0.25, -0.2) is 13.1 Å². The van der Waals surface area contributed by atoms with Gasteiger partial charge < -0.3 is 19.5 Å². The van der Waals surface area contributed by atoms with Crippen molar-refractivity contribution >= 4 is 33.2 Å². The summed E-state index contributed by atoms with van der Waals surface area (Å²) >= 11 is 6.45. The molecule has 2 bridgehead atoms. The van der Waals surface area contributed by atoms with E-state index >= 15 is 0 Å². The Morgan fingerprint density at radius 1 is 1.10 bits per heavy atom. The van der Waals surface area contributed by atoms with Crippen LogP contribution in [0.1, 0.15) is 86.7 Å². The van der Waals surface area contributed by atoms with Crippen molar-refractivity contribution < 1.29 is 27.8 Å². The monoisotopic (exact) mass is 720 g/mol. The van der Waals surface area contributed by atoms with E-state index in [0.29, 0.717) is 44.2 Å². The van der Waals surface area contributed by atoms with Crippen molar-refractivity contribution in [3.05, 3.63) is 70.3 Å². The number of carbonyl (C=O) groups excluding carboxylic acids is 1. The number of carbonyl (C=O) groups is 1. The predicted octanol–water partition coefficient (Wildman–Crippen LogP) is 6.43. The molecular formula is C40H49ClN2O6S. The lowest BCUT2D eigenvalue weighted by molar-refractivity contribution is -0.00331. The first kappa shape index (κ1) is 35.4. The molecule has 2 aromatic rings. The van der Waals surface area contributed by atoms with Gasteiger partial charge in [0, 0.05) is 54.6 Å². The Balaban J connectivity index is 1.29. The van der Waals surface area contributed by atoms with Crippen molar-refractivity contribution in [2.75, 3.05) is 37.8 Å². The zero-order chi connectivity index (χ0) is 35.1. The Kier molecular flexibility index (Phi) is 10.0. The van der Waals surface area contributed by atoms with E-state index < -0.39 is 26.8 Å². The van der Waals surface area contributed by atoms with E-state index in [9.17, 15) is 18.3 Å². The molecule has 5 aliphatic rings. The van der Waals surface area contributed by atoms with Gasteiger partial charge in [-0.05, 0) is 124 Å². The number of aryl methyl sites for hydroxylation is 1. The van der Waals surface area contributed by atoms with Crippen molar-refractivity contribution in [2.45, 2.75) is 87.9 Å². The Labute approximate surface area is 302 Å². The molecule has 268 valence electrons. The number of anilines is 1. The van der Waals surface area contributed by atoms with Crippen LogP contribution in [0.15, 0.2) is 48.6 Å². The van der Waals surface area contributed by atoms with Gasteiger partial charge in [-0.2, -0.15) is 0 Å². The smallest absolute Gasteiger partial charge is 0.264 e. The van der Waals surface area contributed by atoms with Crippen LogP contribution in [-0.2, 0) is 26.6 Å². The van der Waals surface area contributed by atoms with Crippen LogP contribution in [-0.4, -0.2) is 63.2 Å². The maximum Gasteiger partial charge on any atom is 0.264 e. The van der Waals surface area contributed by atoms with E-state index in [2.05, 4.69) is 33.6 Å². The standard InChI is InChI=1S/C40H49ClN2O6S/c1-27-6-3-18-40(45,19-4-7-29-15-20-48-21-16-29)35-12-9-32(35)24-43-25-39(17-5-8-30-22-33(41)11-13-34(30)39)26-49-37-14-10-31(23-36(37)43)38(44)42-50(46,47)28(27)2/h3,10-11,13-14,18,22-23,27-29,32,35,45H,5-9,12,15-17,20-21,24-26H2,1-2H3,(H,42,44)/b18-3+/t27-,28+,32-,35+,39-,40-/m0/s1. The Morgan fingerprint density at radius 2 is 1.92 bits per heavy atom. The lowest BCUT2D eigenvalue weighted by Gasteiger charge is -2.47. The van der Waals surface area contributed by atoms with Crippen LogP contribution < -0.4 is 14.4 Å². The first-order chi connectivity index (χ1) is 24.0. The fourth-order valence-corrected chi connectivity index (χ4v) is 10.2. The molecule has 8 nitrogen and oxygen atoms in total. The number of halogens is 1. The van der Waals surface area contributed by atoms with Gasteiger partial charge in [0.2, 0.25) is 10.0 Å². The highest BCUT2D eigenvalue weighted by molar-refractivity contribution is 7.90. The van der Waals surface area contributed by atoms with Crippen molar-refractivity contribution in [1.82, 2.24) is 4.72 Å². The lowest BCUT2D eigenvalue weighted by Crippen LogP contribution is -2.52. The third-order valence-corrected chi connectivity index (χ3v) is 14.3. The van der Waals surface area contributed by atoms with E-state index in [0.717, 1.165) is 68.9 Å². The van der Waals surface area contributed by atoms with Gasteiger partial charge in [-0.3, -0.25) is 4.79 Å². The van der Waals surface area contributed by atoms with Crippen LogP contribution in [0.25, 0.3) is 0 Å². The minimum Gasteiger partial charge on any atom is -0.490 e. The number of ether oxygens (including phenoxy) is 2. The highest BCUT2D eigenvalue weighted by Gasteiger charge is 2.48. The van der Waals surface area contributed by atoms with Crippen LogP contribution in [0, 0.1) is 35.5 Å². The summed E-state index contributed by atoms with van der Waals surface area (Å²) < 4.78 is 41.4. The molecule has 6 atom stereocenters. The number of nitrogens with one attached hydrogen (secondary N) is 1. The van der Waals surface area contributed by atoms with Crippen molar-refractivity contribution in [2.24, 2.45) is 23.7 Å². The summed E-state index contributed by atoms with van der Waals surface area (Å²) in [7, 11) is -3.99. The molecule has 1 saturated heterocycles. The summed E-state index contributed by atoms with van der Waals surface area (Å²) in [6.45, 7) is 6.75. The number of hydrogen-bond acceptors (Lipinski definition) is 7. The molecule has 50 heavy (non-hydrogen) atoms. The summed E-state index contributed by atoms with van der Waals surface area (Å²) in [6, 6.07) is 11.4. The van der Waals surface area contributed by atoms with Gasteiger partial charge in [0.15, 0.2) is 0 Å². The number of benzene rings is 2. The molecule has 0 radical (unpaired) electrons. The average molecular weight is 721 g/mol. The summed E-state index contributed by atoms with van der Waals surface area (Å²) in [6.07, 6.45) is 11.5. The van der Waals surface area contributed by atoms with E-state index in [4.69, 9.17) is 21.1 Å². The minimum absolute atomic E-state index is 0.0993. The largest absolute Gasteiger partial charge is 0.490 e. The lowest BCUT2D eigenvalue weighted by atomic mass is 9.64. The number of nitrogens with zero attached hydrogens (tertiary/aromatic N) is 1. The number of amides is 1. The normalized spacial score (nSPS) is 33.3. The summed E-state index contributed by atoms with van der Waals surface area (Å²) in [5, 5.41) is 12.3. The van der Waals surface area contributed by atoms with Crippen molar-refractivity contribution in [1.29, 1.82) is 0 Å². The van der Waals surface area contributed by atoms with Crippen molar-refractivity contribution in [3.63, 3.8) is 0 Å². The van der Waals surface area contributed by atoms with Crippen molar-refractivity contribution in [3.8, 4) is 17.6 Å². The minimum atomic E-state index is -3.99. The molecule has 0 aromatic heterocycles. The molecule has 2 fully saturated rings. The van der Waals surface area contributed by atoms with Gasteiger partial charge in [-0.15, -0.1) is 0 Å². The number of allylic oxidation sites excluding steroid dienone is 1. The second-order valence-electron chi connectivity index (χ2n) is 15.4. The van der Waals surface area contributed by atoms with Gasteiger partial charge in [-0.1, -0.05) is 42.5 Å². The van der Waals surface area contributed by atoms with Gasteiger partial charge in [0.05, 0.1) is 17.5 Å². The first-order valence-electron chi connectivity index (χ1n) is 18.3. The SMILES string of the molecule is C[C@@H]1[C@@H](C)C/C=C/[C@](O)(C#CCC2CCOCC2)[C@@H]2CC[C@H]2CN2C[C@@]3(CCCc4cc(Cl)ccc43)COc3ccc(cc32)C(=O)NS1(=O)=O. The van der Waals surface area contributed by atoms with E-state index in [-0.39, 0.29) is 28.7 Å². The molecule has 7 rings (SSSR count). The average Bonchev–Trinajstić information content (AvgIpc) is 3.22. The third kappa shape index (κ3) is 7.06. The fourth-order valence-electron chi connectivity index (χ4n) is 8.69. The number of fused-ring (bicyclic) bond motifs is 4. The predicted molar refractivity (Wildman–Crippen MR) is 196 cm³/mol. The number of sulfonamides is 1. The number of aliphatic hydroxyl groups is 1. The highest BCUT2D eigenvalue weighted by atomic mass is 35.5. The Hall–Kier alpha value is -3.03. The highest BCUT2D eigenvalue weighted by Crippen LogP contribution is 2.48. The molecule has 3 heterocycles.